The van der Waals surface area contributed by atoms with Crippen molar-refractivity contribution in [3.05, 3.63) is 80.2 Å². The second-order valence-corrected chi connectivity index (χ2v) is 5.65. The number of hydrogen-bond acceptors (Lipinski definition) is 4. The van der Waals surface area contributed by atoms with Crippen LogP contribution in [0.3, 0.4) is 0 Å². The Balaban J connectivity index is 1.91. The second kappa shape index (κ2) is 5.54. The Kier molecular flexibility index (Phi) is 3.58. The van der Waals surface area contributed by atoms with Gasteiger partial charge in [-0.3, -0.25) is 14.9 Å². The summed E-state index contributed by atoms with van der Waals surface area (Å²) in [6.45, 7) is 0. The molecule has 0 saturated carbocycles. The number of Topliss-reactive ketones (excluding diaryl/α,β-unsaturated/α-hetero) is 1. The van der Waals surface area contributed by atoms with Crippen LogP contribution >= 0.6 is 11.8 Å². The van der Waals surface area contributed by atoms with Crippen LogP contribution < -0.4 is 0 Å². The number of nitro benzene ring substituents is 1. The third-order valence-electron chi connectivity index (χ3n) is 3.27. The lowest BCUT2D eigenvalue weighted by Gasteiger charge is -2.16. The standard InChI is InChI=1S/C16H11NO3S/c18-16-14-4-2-1-3-12(14)10-21-15(16)9-11-5-7-13(8-6-11)17(19)20/h1-9H,10H2/b15-9-. The van der Waals surface area contributed by atoms with Crippen molar-refractivity contribution >= 4 is 29.3 Å². The molecule has 0 N–H and O–H groups in total. The van der Waals surface area contributed by atoms with Gasteiger partial charge in [0.15, 0.2) is 5.78 Å². The quantitative estimate of drug-likeness (QED) is 0.476. The van der Waals surface area contributed by atoms with Crippen molar-refractivity contribution in [2.75, 3.05) is 0 Å². The Morgan fingerprint density at radius 1 is 1.10 bits per heavy atom. The van der Waals surface area contributed by atoms with Crippen molar-refractivity contribution in [1.29, 1.82) is 0 Å². The number of benzene rings is 2. The first-order valence-electron chi connectivity index (χ1n) is 6.37. The van der Waals surface area contributed by atoms with E-state index in [9.17, 15) is 14.9 Å². The maximum absolute atomic E-state index is 12.4. The van der Waals surface area contributed by atoms with Gasteiger partial charge in [-0.2, -0.15) is 0 Å². The zero-order valence-corrected chi connectivity index (χ0v) is 11.8. The van der Waals surface area contributed by atoms with Gasteiger partial charge in [-0.15, -0.1) is 11.8 Å². The Morgan fingerprint density at radius 2 is 1.81 bits per heavy atom. The summed E-state index contributed by atoms with van der Waals surface area (Å²) >= 11 is 1.50. The minimum Gasteiger partial charge on any atom is -0.288 e. The maximum atomic E-state index is 12.4. The molecule has 0 aromatic heterocycles. The third kappa shape index (κ3) is 2.73. The molecule has 1 heterocycles. The molecule has 3 rings (SSSR count). The highest BCUT2D eigenvalue weighted by atomic mass is 32.2. The summed E-state index contributed by atoms with van der Waals surface area (Å²) in [5.41, 5.74) is 2.62. The molecule has 0 radical (unpaired) electrons. The number of carbonyl (C=O) groups excluding carboxylic acids is 1. The van der Waals surface area contributed by atoms with E-state index in [1.807, 2.05) is 24.3 Å². The number of ketones is 1. The number of non-ortho nitro benzene ring substituents is 1. The van der Waals surface area contributed by atoms with Crippen LogP contribution in [0.25, 0.3) is 6.08 Å². The molecule has 21 heavy (non-hydrogen) atoms. The number of rotatable bonds is 2. The van der Waals surface area contributed by atoms with E-state index in [2.05, 4.69) is 0 Å². The van der Waals surface area contributed by atoms with Gasteiger partial charge < -0.3 is 0 Å². The number of thioether (sulfide) groups is 1. The highest BCUT2D eigenvalue weighted by Gasteiger charge is 2.21. The molecular weight excluding hydrogens is 286 g/mol. The highest BCUT2D eigenvalue weighted by molar-refractivity contribution is 8.03. The highest BCUT2D eigenvalue weighted by Crippen LogP contribution is 2.34. The Bertz CT molecular complexity index is 750. The minimum atomic E-state index is -0.437. The summed E-state index contributed by atoms with van der Waals surface area (Å²) in [6, 6.07) is 13.8. The molecule has 0 bridgehead atoms. The number of nitrogens with zero attached hydrogens (tertiary/aromatic N) is 1. The van der Waals surface area contributed by atoms with Gasteiger partial charge in [0, 0.05) is 23.4 Å². The van der Waals surface area contributed by atoms with Crippen LogP contribution in [0.15, 0.2) is 53.4 Å². The second-order valence-electron chi connectivity index (χ2n) is 4.63. The lowest BCUT2D eigenvalue weighted by atomic mass is 10.0. The molecule has 5 heteroatoms. The lowest BCUT2D eigenvalue weighted by molar-refractivity contribution is -0.384. The first-order chi connectivity index (χ1) is 10.1. The van der Waals surface area contributed by atoms with Gasteiger partial charge in [-0.05, 0) is 29.3 Å². The smallest absolute Gasteiger partial charge is 0.269 e. The Hall–Kier alpha value is -2.40. The summed E-state index contributed by atoms with van der Waals surface area (Å²) in [7, 11) is 0. The molecule has 0 unspecified atom stereocenters. The van der Waals surface area contributed by atoms with Crippen molar-refractivity contribution in [3.8, 4) is 0 Å². The van der Waals surface area contributed by atoms with Crippen LogP contribution in [0.1, 0.15) is 21.5 Å². The zero-order chi connectivity index (χ0) is 14.8. The Morgan fingerprint density at radius 3 is 2.52 bits per heavy atom. The van der Waals surface area contributed by atoms with Gasteiger partial charge in [-0.1, -0.05) is 24.3 Å². The number of fused-ring (bicyclic) bond motifs is 1. The van der Waals surface area contributed by atoms with Gasteiger partial charge in [0.25, 0.3) is 5.69 Å². The summed E-state index contributed by atoms with van der Waals surface area (Å²) < 4.78 is 0. The lowest BCUT2D eigenvalue weighted by Crippen LogP contribution is -2.09. The molecular formula is C16H11NO3S. The summed E-state index contributed by atoms with van der Waals surface area (Å²) in [4.78, 5) is 23.3. The van der Waals surface area contributed by atoms with E-state index in [4.69, 9.17) is 0 Å². The molecule has 1 aliphatic rings. The molecule has 0 fully saturated rings. The largest absolute Gasteiger partial charge is 0.288 e. The molecule has 0 aliphatic carbocycles. The van der Waals surface area contributed by atoms with Crippen molar-refractivity contribution in [2.45, 2.75) is 5.75 Å². The monoisotopic (exact) mass is 297 g/mol. The molecule has 0 amide bonds. The van der Waals surface area contributed by atoms with Crippen molar-refractivity contribution in [3.63, 3.8) is 0 Å². The van der Waals surface area contributed by atoms with Crippen LogP contribution in [-0.2, 0) is 5.75 Å². The van der Waals surface area contributed by atoms with Crippen LogP contribution in [0.2, 0.25) is 0 Å². The number of nitro groups is 1. The molecule has 2 aromatic carbocycles. The third-order valence-corrected chi connectivity index (χ3v) is 4.34. The zero-order valence-electron chi connectivity index (χ0n) is 11.0. The van der Waals surface area contributed by atoms with Gasteiger partial charge in [0.05, 0.1) is 9.83 Å². The SMILES string of the molecule is O=C1/C(=C/c2ccc([N+](=O)[O-])cc2)SCc2ccccc21. The van der Waals surface area contributed by atoms with Crippen LogP contribution in [0.5, 0.6) is 0 Å². The normalized spacial score (nSPS) is 15.8. The number of carbonyl (C=O) groups is 1. The van der Waals surface area contributed by atoms with E-state index in [1.165, 1.54) is 23.9 Å². The first kappa shape index (κ1) is 13.6. The predicted octanol–water partition coefficient (Wildman–Crippen LogP) is 4.07. The van der Waals surface area contributed by atoms with E-state index in [0.717, 1.165) is 22.4 Å². The fraction of sp³-hybridized carbons (Fsp3) is 0.0625. The number of allylic oxidation sites excluding steroid dienone is 1. The summed E-state index contributed by atoms with van der Waals surface area (Å²) in [5.74, 6) is 0.779. The first-order valence-corrected chi connectivity index (χ1v) is 7.35. The molecule has 2 aromatic rings. The topological polar surface area (TPSA) is 60.2 Å². The average Bonchev–Trinajstić information content (AvgIpc) is 2.51. The van der Waals surface area contributed by atoms with Crippen LogP contribution in [0, 0.1) is 10.1 Å². The Labute approximate surface area is 125 Å². The molecule has 0 saturated heterocycles. The molecule has 1 aliphatic heterocycles. The van der Waals surface area contributed by atoms with Crippen molar-refractivity contribution in [1.82, 2.24) is 0 Å². The average molecular weight is 297 g/mol. The summed E-state index contributed by atoms with van der Waals surface area (Å²) in [5, 5.41) is 10.6. The number of hydrogen-bond donors (Lipinski definition) is 0. The van der Waals surface area contributed by atoms with E-state index in [1.54, 1.807) is 18.2 Å². The van der Waals surface area contributed by atoms with Crippen molar-refractivity contribution < 1.29 is 9.72 Å². The van der Waals surface area contributed by atoms with Crippen molar-refractivity contribution in [2.24, 2.45) is 0 Å². The molecule has 0 atom stereocenters. The van der Waals surface area contributed by atoms with E-state index >= 15 is 0 Å². The van der Waals surface area contributed by atoms with Crippen LogP contribution in [-0.4, -0.2) is 10.7 Å². The summed E-state index contributed by atoms with van der Waals surface area (Å²) in [6.07, 6.45) is 1.78. The molecule has 0 spiro atoms. The van der Waals surface area contributed by atoms with Gasteiger partial charge >= 0.3 is 0 Å². The van der Waals surface area contributed by atoms with E-state index in [-0.39, 0.29) is 11.5 Å². The van der Waals surface area contributed by atoms with Crippen LogP contribution in [0.4, 0.5) is 5.69 Å². The predicted molar refractivity (Wildman–Crippen MR) is 83.1 cm³/mol. The molecule has 4 nitrogen and oxygen atoms in total. The van der Waals surface area contributed by atoms with E-state index in [0.29, 0.717) is 4.91 Å². The fourth-order valence-electron chi connectivity index (χ4n) is 2.17. The molecule has 104 valence electrons. The maximum Gasteiger partial charge on any atom is 0.269 e. The van der Waals surface area contributed by atoms with Gasteiger partial charge in [0.2, 0.25) is 0 Å². The van der Waals surface area contributed by atoms with Gasteiger partial charge in [-0.25, -0.2) is 0 Å². The fourth-order valence-corrected chi connectivity index (χ4v) is 3.20. The minimum absolute atomic E-state index is 0.0141. The van der Waals surface area contributed by atoms with Gasteiger partial charge in [0.1, 0.15) is 0 Å². The van der Waals surface area contributed by atoms with E-state index < -0.39 is 4.92 Å².